The zero-order chi connectivity index (χ0) is 19.8. The van der Waals surface area contributed by atoms with Crippen molar-refractivity contribution in [3.8, 4) is 0 Å². The maximum atomic E-state index is 13.3. The van der Waals surface area contributed by atoms with Gasteiger partial charge in [-0.3, -0.25) is 9.59 Å². The van der Waals surface area contributed by atoms with E-state index < -0.39 is 12.0 Å². The average molecular weight is 376 g/mol. The Kier molecular flexibility index (Phi) is 5.22. The summed E-state index contributed by atoms with van der Waals surface area (Å²) in [6.45, 7) is 4.80. The molecule has 2 fully saturated rings. The largest absolute Gasteiger partial charge is 0.480 e. The molecule has 2 heterocycles. The van der Waals surface area contributed by atoms with E-state index in [0.29, 0.717) is 37.2 Å². The van der Waals surface area contributed by atoms with Crippen LogP contribution in [0.15, 0.2) is 18.2 Å². The number of nitrogens with zero attached hydrogens (tertiary/aromatic N) is 2. The third kappa shape index (κ3) is 3.82. The molecule has 27 heavy (non-hydrogen) atoms. The number of piperidine rings is 2. The van der Waals surface area contributed by atoms with E-state index in [1.54, 1.807) is 11.8 Å². The van der Waals surface area contributed by atoms with Gasteiger partial charge in [0.1, 0.15) is 11.9 Å². The summed E-state index contributed by atoms with van der Waals surface area (Å²) in [6.07, 6.45) is 2.54. The zero-order valence-corrected chi connectivity index (χ0v) is 15.7. The van der Waals surface area contributed by atoms with Gasteiger partial charge in [0.25, 0.3) is 5.91 Å². The Morgan fingerprint density at radius 1 is 1.22 bits per heavy atom. The second-order valence-corrected chi connectivity index (χ2v) is 7.79. The molecule has 1 aromatic rings. The van der Waals surface area contributed by atoms with Crippen LogP contribution in [0.4, 0.5) is 4.39 Å². The van der Waals surface area contributed by atoms with E-state index in [2.05, 4.69) is 0 Å². The molecule has 1 atom stereocenters. The molecule has 1 N–H and O–H groups in total. The van der Waals surface area contributed by atoms with Crippen LogP contribution in [-0.4, -0.2) is 58.4 Å². The van der Waals surface area contributed by atoms with Gasteiger partial charge in [0.2, 0.25) is 5.91 Å². The molecule has 0 unspecified atom stereocenters. The van der Waals surface area contributed by atoms with E-state index in [9.17, 15) is 23.9 Å². The molecule has 146 valence electrons. The number of hydrogen-bond acceptors (Lipinski definition) is 3. The van der Waals surface area contributed by atoms with Crippen molar-refractivity contribution in [3.63, 3.8) is 0 Å². The highest BCUT2D eigenvalue weighted by Crippen LogP contribution is 2.41. The summed E-state index contributed by atoms with van der Waals surface area (Å²) in [6, 6.07) is 3.34. The molecular formula is C20H25FN2O4. The fourth-order valence-electron chi connectivity index (χ4n) is 4.16. The second kappa shape index (κ2) is 7.29. The maximum absolute atomic E-state index is 13.3. The van der Waals surface area contributed by atoms with Crippen molar-refractivity contribution in [2.45, 2.75) is 45.6 Å². The molecule has 1 aromatic carbocycles. The molecule has 6 nitrogen and oxygen atoms in total. The Morgan fingerprint density at radius 3 is 2.48 bits per heavy atom. The lowest BCUT2D eigenvalue weighted by Gasteiger charge is -2.48. The standard InChI is InChI=1S/C20H25FN2O4/c1-13-11-15(21)3-4-16(13)18(25)22-9-7-20(8-10-22)6-5-17(24)23(12-20)14(2)19(26)27/h3-4,11,14H,5-10,12H2,1-2H3,(H,26,27)/t14-/m1/s1. The number of carbonyl (C=O) groups is 3. The number of carboxylic acid groups (broad SMARTS) is 1. The summed E-state index contributed by atoms with van der Waals surface area (Å²) < 4.78 is 13.3. The van der Waals surface area contributed by atoms with E-state index >= 15 is 0 Å². The van der Waals surface area contributed by atoms with Gasteiger partial charge in [-0.1, -0.05) is 0 Å². The molecule has 0 radical (unpaired) electrons. The number of hydrogen-bond donors (Lipinski definition) is 1. The first-order valence-electron chi connectivity index (χ1n) is 9.30. The Hall–Kier alpha value is -2.44. The minimum Gasteiger partial charge on any atom is -0.480 e. The van der Waals surface area contributed by atoms with Crippen LogP contribution in [0.5, 0.6) is 0 Å². The van der Waals surface area contributed by atoms with Crippen LogP contribution in [0, 0.1) is 18.2 Å². The maximum Gasteiger partial charge on any atom is 0.326 e. The second-order valence-electron chi connectivity index (χ2n) is 7.79. The minimum atomic E-state index is -1.00. The monoisotopic (exact) mass is 376 g/mol. The van der Waals surface area contributed by atoms with Gasteiger partial charge >= 0.3 is 5.97 Å². The fraction of sp³-hybridized carbons (Fsp3) is 0.550. The predicted octanol–water partition coefficient (Wildman–Crippen LogP) is 2.45. The number of carbonyl (C=O) groups excluding carboxylic acids is 2. The van der Waals surface area contributed by atoms with Crippen molar-refractivity contribution in [2.75, 3.05) is 19.6 Å². The highest BCUT2D eigenvalue weighted by atomic mass is 19.1. The lowest BCUT2D eigenvalue weighted by Crippen LogP contribution is -2.55. The van der Waals surface area contributed by atoms with Gasteiger partial charge in [-0.05, 0) is 62.3 Å². The van der Waals surface area contributed by atoms with Crippen LogP contribution < -0.4 is 0 Å². The lowest BCUT2D eigenvalue weighted by atomic mass is 9.72. The third-order valence-corrected chi connectivity index (χ3v) is 6.05. The van der Waals surface area contributed by atoms with Gasteiger partial charge in [-0.2, -0.15) is 0 Å². The lowest BCUT2D eigenvalue weighted by molar-refractivity contribution is -0.154. The van der Waals surface area contributed by atoms with E-state index in [0.717, 1.165) is 19.3 Å². The Morgan fingerprint density at radius 2 is 1.89 bits per heavy atom. The van der Waals surface area contributed by atoms with Gasteiger partial charge < -0.3 is 14.9 Å². The summed E-state index contributed by atoms with van der Waals surface area (Å²) in [4.78, 5) is 39.5. The normalized spacial score (nSPS) is 20.6. The number of aryl methyl sites for hydroxylation is 1. The zero-order valence-electron chi connectivity index (χ0n) is 15.7. The molecule has 2 aliphatic rings. The van der Waals surface area contributed by atoms with Crippen molar-refractivity contribution in [2.24, 2.45) is 5.41 Å². The number of rotatable bonds is 3. The summed E-state index contributed by atoms with van der Waals surface area (Å²) in [5.74, 6) is -1.58. The van der Waals surface area contributed by atoms with Crippen molar-refractivity contribution in [1.29, 1.82) is 0 Å². The van der Waals surface area contributed by atoms with Crippen molar-refractivity contribution < 1.29 is 23.9 Å². The number of halogens is 1. The molecule has 3 rings (SSSR count). The van der Waals surface area contributed by atoms with Crippen LogP contribution in [0.1, 0.15) is 48.5 Å². The molecule has 0 saturated carbocycles. The summed E-state index contributed by atoms with van der Waals surface area (Å²) in [7, 11) is 0. The van der Waals surface area contributed by atoms with Gasteiger partial charge in [0.05, 0.1) is 0 Å². The molecule has 1 spiro atoms. The van der Waals surface area contributed by atoms with Crippen molar-refractivity contribution >= 4 is 17.8 Å². The Bertz CT molecular complexity index is 771. The molecule has 0 aromatic heterocycles. The first kappa shape index (κ1) is 19.3. The summed E-state index contributed by atoms with van der Waals surface area (Å²) >= 11 is 0. The van der Waals surface area contributed by atoms with Crippen LogP contribution in [0.2, 0.25) is 0 Å². The summed E-state index contributed by atoms with van der Waals surface area (Å²) in [5.41, 5.74) is 0.990. The van der Waals surface area contributed by atoms with E-state index in [1.807, 2.05) is 0 Å². The van der Waals surface area contributed by atoms with Gasteiger partial charge in [-0.15, -0.1) is 0 Å². The van der Waals surface area contributed by atoms with Crippen molar-refractivity contribution in [3.05, 3.63) is 35.1 Å². The number of likely N-dealkylation sites (tertiary alicyclic amines) is 2. The molecule has 2 saturated heterocycles. The quantitative estimate of drug-likeness (QED) is 0.879. The topological polar surface area (TPSA) is 77.9 Å². The highest BCUT2D eigenvalue weighted by molar-refractivity contribution is 5.95. The first-order chi connectivity index (χ1) is 12.7. The molecule has 0 aliphatic carbocycles. The van der Waals surface area contributed by atoms with Crippen molar-refractivity contribution in [1.82, 2.24) is 9.80 Å². The first-order valence-corrected chi connectivity index (χ1v) is 9.30. The molecule has 2 amide bonds. The highest BCUT2D eigenvalue weighted by Gasteiger charge is 2.44. The van der Waals surface area contributed by atoms with Gasteiger partial charge in [-0.25, -0.2) is 9.18 Å². The van der Waals surface area contributed by atoms with Crippen LogP contribution in [0.25, 0.3) is 0 Å². The molecule has 7 heteroatoms. The molecule has 2 aliphatic heterocycles. The number of benzene rings is 1. The average Bonchev–Trinajstić information content (AvgIpc) is 2.63. The fourth-order valence-corrected chi connectivity index (χ4v) is 4.16. The van der Waals surface area contributed by atoms with Gasteiger partial charge in [0, 0.05) is 31.6 Å². The Labute approximate surface area is 157 Å². The number of amides is 2. The van der Waals surface area contributed by atoms with Crippen LogP contribution >= 0.6 is 0 Å². The Balaban J connectivity index is 1.68. The third-order valence-electron chi connectivity index (χ3n) is 6.05. The summed E-state index contributed by atoms with van der Waals surface area (Å²) in [5, 5.41) is 9.25. The number of aliphatic carboxylic acids is 1. The minimum absolute atomic E-state index is 0.106. The van der Waals surface area contributed by atoms with E-state index in [4.69, 9.17) is 0 Å². The number of carboxylic acids is 1. The van der Waals surface area contributed by atoms with Crippen LogP contribution in [0.3, 0.4) is 0 Å². The predicted molar refractivity (Wildman–Crippen MR) is 96.8 cm³/mol. The van der Waals surface area contributed by atoms with E-state index in [1.165, 1.54) is 30.0 Å². The molecular weight excluding hydrogens is 351 g/mol. The smallest absolute Gasteiger partial charge is 0.326 e. The van der Waals surface area contributed by atoms with Gasteiger partial charge in [0.15, 0.2) is 0 Å². The SMILES string of the molecule is Cc1cc(F)ccc1C(=O)N1CCC2(CCC(=O)N([C@H](C)C(=O)O)C2)CC1. The van der Waals surface area contributed by atoms with E-state index in [-0.39, 0.29) is 23.0 Å². The van der Waals surface area contributed by atoms with Crippen LogP contribution in [-0.2, 0) is 9.59 Å². The molecule has 0 bridgehead atoms.